The lowest BCUT2D eigenvalue weighted by Crippen LogP contribution is -2.29. The number of amidine groups is 1. The van der Waals surface area contributed by atoms with Crippen LogP contribution in [0.3, 0.4) is 0 Å². The van der Waals surface area contributed by atoms with Crippen LogP contribution in [0.25, 0.3) is 0 Å². The molecule has 19 heavy (non-hydrogen) atoms. The Bertz CT molecular complexity index is 413. The molecule has 0 unspecified atom stereocenters. The Morgan fingerprint density at radius 1 is 1.32 bits per heavy atom. The van der Waals surface area contributed by atoms with Crippen molar-refractivity contribution in [1.82, 2.24) is 5.32 Å². The van der Waals surface area contributed by atoms with Gasteiger partial charge >= 0.3 is 0 Å². The van der Waals surface area contributed by atoms with E-state index >= 15 is 0 Å². The Morgan fingerprint density at radius 3 is 2.68 bits per heavy atom. The van der Waals surface area contributed by atoms with Crippen LogP contribution in [0.2, 0.25) is 0 Å². The quantitative estimate of drug-likeness (QED) is 0.221. The van der Waals surface area contributed by atoms with Crippen LogP contribution >= 0.6 is 0 Å². The van der Waals surface area contributed by atoms with Crippen LogP contribution in [0.4, 0.5) is 0 Å². The summed E-state index contributed by atoms with van der Waals surface area (Å²) >= 11 is 0. The Hall–Kier alpha value is -1.55. The molecule has 0 atom stereocenters. The predicted octanol–water partition coefficient (Wildman–Crippen LogP) is 2.13. The lowest BCUT2D eigenvalue weighted by Gasteiger charge is -2.15. The molecule has 0 aromatic heterocycles. The van der Waals surface area contributed by atoms with Gasteiger partial charge in [-0.1, -0.05) is 35.5 Å². The molecule has 0 saturated heterocycles. The highest BCUT2D eigenvalue weighted by Crippen LogP contribution is 2.48. The fourth-order valence-electron chi connectivity index (χ4n) is 2.43. The van der Waals surface area contributed by atoms with Crippen molar-refractivity contribution in [3.8, 4) is 0 Å². The van der Waals surface area contributed by atoms with Gasteiger partial charge in [0.25, 0.3) is 0 Å². The fourth-order valence-corrected chi connectivity index (χ4v) is 2.43. The predicted molar refractivity (Wildman–Crippen MR) is 77.3 cm³/mol. The van der Waals surface area contributed by atoms with Gasteiger partial charge in [0, 0.05) is 13.0 Å². The van der Waals surface area contributed by atoms with Crippen molar-refractivity contribution in [3.63, 3.8) is 0 Å². The number of hydrogen-bond donors (Lipinski definition) is 3. The summed E-state index contributed by atoms with van der Waals surface area (Å²) in [6.45, 7) is 1.99. The zero-order chi connectivity index (χ0) is 13.6. The third kappa shape index (κ3) is 4.56. The smallest absolute Gasteiger partial charge is 0.139 e. The molecule has 4 heteroatoms. The Kier molecular flexibility index (Phi) is 4.80. The van der Waals surface area contributed by atoms with E-state index in [-0.39, 0.29) is 5.41 Å². The standard InChI is InChI=1S/C15H23N3O/c16-14(18-19)11-15(8-9-15)12-17-10-4-7-13-5-2-1-3-6-13/h1-3,5-6,17,19H,4,7-12H2,(H2,16,18). The van der Waals surface area contributed by atoms with Gasteiger partial charge in [-0.15, -0.1) is 0 Å². The van der Waals surface area contributed by atoms with Gasteiger partial charge < -0.3 is 16.3 Å². The van der Waals surface area contributed by atoms with E-state index in [4.69, 9.17) is 10.9 Å². The molecule has 2 rings (SSSR count). The first-order valence-corrected chi connectivity index (χ1v) is 6.95. The van der Waals surface area contributed by atoms with E-state index in [9.17, 15) is 0 Å². The molecule has 4 nitrogen and oxygen atoms in total. The zero-order valence-electron chi connectivity index (χ0n) is 11.3. The second-order valence-corrected chi connectivity index (χ2v) is 5.53. The zero-order valence-corrected chi connectivity index (χ0v) is 11.3. The summed E-state index contributed by atoms with van der Waals surface area (Å²) in [6, 6.07) is 10.5. The van der Waals surface area contributed by atoms with Gasteiger partial charge in [-0.05, 0) is 43.2 Å². The first-order chi connectivity index (χ1) is 9.24. The number of aryl methyl sites for hydroxylation is 1. The number of hydrogen-bond acceptors (Lipinski definition) is 3. The Morgan fingerprint density at radius 2 is 2.05 bits per heavy atom. The summed E-state index contributed by atoms with van der Waals surface area (Å²) in [7, 11) is 0. The minimum absolute atomic E-state index is 0.253. The Labute approximate surface area is 114 Å². The summed E-state index contributed by atoms with van der Waals surface area (Å²) in [5.41, 5.74) is 7.22. The average Bonchev–Trinajstić information content (AvgIpc) is 3.19. The first-order valence-electron chi connectivity index (χ1n) is 6.95. The van der Waals surface area contributed by atoms with Crippen molar-refractivity contribution < 1.29 is 5.21 Å². The number of benzene rings is 1. The molecule has 4 N–H and O–H groups in total. The van der Waals surface area contributed by atoms with Crippen molar-refractivity contribution in [1.29, 1.82) is 0 Å². The topological polar surface area (TPSA) is 70.6 Å². The van der Waals surface area contributed by atoms with Crippen molar-refractivity contribution in [2.24, 2.45) is 16.3 Å². The van der Waals surface area contributed by atoms with E-state index in [1.54, 1.807) is 0 Å². The van der Waals surface area contributed by atoms with Crippen LogP contribution in [-0.2, 0) is 6.42 Å². The number of nitrogens with two attached hydrogens (primary N) is 1. The number of nitrogens with one attached hydrogen (secondary N) is 1. The molecule has 1 aromatic rings. The molecule has 0 bridgehead atoms. The highest BCUT2D eigenvalue weighted by Gasteiger charge is 2.42. The van der Waals surface area contributed by atoms with E-state index in [0.29, 0.717) is 12.3 Å². The van der Waals surface area contributed by atoms with E-state index in [2.05, 4.69) is 34.7 Å². The second-order valence-electron chi connectivity index (χ2n) is 5.53. The molecule has 0 amide bonds. The molecule has 1 aliphatic rings. The van der Waals surface area contributed by atoms with Gasteiger partial charge in [-0.2, -0.15) is 0 Å². The van der Waals surface area contributed by atoms with Crippen molar-refractivity contribution >= 4 is 5.84 Å². The van der Waals surface area contributed by atoms with Crippen LogP contribution in [0.15, 0.2) is 35.5 Å². The van der Waals surface area contributed by atoms with Crippen LogP contribution in [0.5, 0.6) is 0 Å². The van der Waals surface area contributed by atoms with Crippen LogP contribution in [0.1, 0.15) is 31.2 Å². The molecular formula is C15H23N3O. The summed E-state index contributed by atoms with van der Waals surface area (Å²) in [5.74, 6) is 0.351. The fraction of sp³-hybridized carbons (Fsp3) is 0.533. The highest BCUT2D eigenvalue weighted by atomic mass is 16.4. The number of rotatable bonds is 8. The monoisotopic (exact) mass is 261 g/mol. The van der Waals surface area contributed by atoms with Gasteiger partial charge in [0.1, 0.15) is 5.84 Å². The van der Waals surface area contributed by atoms with E-state index < -0.39 is 0 Å². The lowest BCUT2D eigenvalue weighted by molar-refractivity contribution is 0.314. The van der Waals surface area contributed by atoms with E-state index in [1.807, 2.05) is 6.07 Å². The molecule has 104 valence electrons. The molecule has 1 saturated carbocycles. The summed E-state index contributed by atoms with van der Waals surface area (Å²) in [6.07, 6.45) is 5.31. The molecule has 0 aliphatic heterocycles. The van der Waals surface area contributed by atoms with Gasteiger partial charge in [-0.25, -0.2) is 0 Å². The molecule has 1 aromatic carbocycles. The third-order valence-corrected chi connectivity index (χ3v) is 3.80. The van der Waals surface area contributed by atoms with Gasteiger partial charge in [0.2, 0.25) is 0 Å². The molecule has 0 radical (unpaired) electrons. The molecule has 1 aliphatic carbocycles. The maximum absolute atomic E-state index is 8.60. The SMILES string of the molecule is NC(CC1(CNCCCc2ccccc2)CC1)=NO. The third-order valence-electron chi connectivity index (χ3n) is 3.80. The van der Waals surface area contributed by atoms with Crippen LogP contribution in [-0.4, -0.2) is 24.1 Å². The van der Waals surface area contributed by atoms with Crippen molar-refractivity contribution in [2.45, 2.75) is 32.1 Å². The Balaban J connectivity index is 1.60. The van der Waals surface area contributed by atoms with Gasteiger partial charge in [0.05, 0.1) is 0 Å². The summed E-state index contributed by atoms with van der Waals surface area (Å²) < 4.78 is 0. The minimum atomic E-state index is 0.253. The van der Waals surface area contributed by atoms with Crippen LogP contribution < -0.4 is 11.1 Å². The largest absolute Gasteiger partial charge is 0.409 e. The average molecular weight is 261 g/mol. The van der Waals surface area contributed by atoms with E-state index in [1.165, 1.54) is 18.4 Å². The number of nitrogens with zero attached hydrogens (tertiary/aromatic N) is 1. The van der Waals surface area contributed by atoms with Gasteiger partial charge in [-0.3, -0.25) is 0 Å². The normalized spacial score (nSPS) is 17.4. The second kappa shape index (κ2) is 6.57. The van der Waals surface area contributed by atoms with Crippen molar-refractivity contribution in [3.05, 3.63) is 35.9 Å². The van der Waals surface area contributed by atoms with E-state index in [0.717, 1.165) is 25.9 Å². The molecule has 1 fully saturated rings. The lowest BCUT2D eigenvalue weighted by atomic mass is 10.0. The van der Waals surface area contributed by atoms with Crippen LogP contribution in [0, 0.1) is 5.41 Å². The first kappa shape index (κ1) is 13.9. The van der Waals surface area contributed by atoms with Gasteiger partial charge in [0.15, 0.2) is 0 Å². The maximum Gasteiger partial charge on any atom is 0.139 e. The molecular weight excluding hydrogens is 238 g/mol. The minimum Gasteiger partial charge on any atom is -0.409 e. The summed E-state index contributed by atoms with van der Waals surface area (Å²) in [4.78, 5) is 0. The number of oxime groups is 1. The van der Waals surface area contributed by atoms with Crippen molar-refractivity contribution in [2.75, 3.05) is 13.1 Å². The molecule has 0 spiro atoms. The maximum atomic E-state index is 8.60. The highest BCUT2D eigenvalue weighted by molar-refractivity contribution is 5.80. The summed E-state index contributed by atoms with van der Waals surface area (Å²) in [5, 5.41) is 15.2. The molecule has 0 heterocycles.